The van der Waals surface area contributed by atoms with Crippen LogP contribution in [0.4, 0.5) is 13.2 Å². The maximum atomic E-state index is 12.9. The van der Waals surface area contributed by atoms with Crippen LogP contribution < -0.4 is 0 Å². The number of carbonyl (C=O) groups is 1. The summed E-state index contributed by atoms with van der Waals surface area (Å²) in [5, 5.41) is 0. The first kappa shape index (κ1) is 22.0. The molecule has 1 atom stereocenters. The quantitative estimate of drug-likeness (QED) is 0.730. The van der Waals surface area contributed by atoms with E-state index in [4.69, 9.17) is 0 Å². The van der Waals surface area contributed by atoms with Crippen molar-refractivity contribution in [2.45, 2.75) is 30.8 Å². The van der Waals surface area contributed by atoms with Gasteiger partial charge >= 0.3 is 6.18 Å². The molecule has 0 bridgehead atoms. The standard InChI is InChI=1S/C19H26F3N3O3S/c1-15-4-6-17(7-5-15)29(27,28)25-11-9-24(10-12-25)18(26)14-23-8-2-3-16(13-23)19(20,21)22/h4-7,16H,2-3,8-14H2,1H3/t16-/m0/s1. The Kier molecular flexibility index (Phi) is 6.54. The van der Waals surface area contributed by atoms with Crippen LogP contribution in [0.15, 0.2) is 29.2 Å². The number of amides is 1. The van der Waals surface area contributed by atoms with Gasteiger partial charge in [0.1, 0.15) is 0 Å². The normalized spacial score (nSPS) is 22.6. The average Bonchev–Trinajstić information content (AvgIpc) is 2.68. The second-order valence-corrected chi connectivity index (χ2v) is 9.65. The third kappa shape index (κ3) is 5.29. The van der Waals surface area contributed by atoms with Crippen LogP contribution in [-0.4, -0.2) is 80.4 Å². The first-order valence-corrected chi connectivity index (χ1v) is 11.1. The van der Waals surface area contributed by atoms with E-state index in [2.05, 4.69) is 0 Å². The molecule has 2 heterocycles. The van der Waals surface area contributed by atoms with Crippen LogP contribution in [0.2, 0.25) is 0 Å². The van der Waals surface area contributed by atoms with Gasteiger partial charge in [0.15, 0.2) is 0 Å². The Morgan fingerprint density at radius 2 is 1.69 bits per heavy atom. The van der Waals surface area contributed by atoms with E-state index in [9.17, 15) is 26.4 Å². The largest absolute Gasteiger partial charge is 0.393 e. The molecule has 1 amide bonds. The lowest BCUT2D eigenvalue weighted by Gasteiger charge is -2.37. The summed E-state index contributed by atoms with van der Waals surface area (Å²) in [7, 11) is -3.62. The van der Waals surface area contributed by atoms with E-state index in [0.29, 0.717) is 13.0 Å². The minimum atomic E-state index is -4.24. The fourth-order valence-corrected chi connectivity index (χ4v) is 5.22. The molecule has 0 saturated carbocycles. The molecule has 0 N–H and O–H groups in total. The van der Waals surface area contributed by atoms with E-state index in [-0.39, 0.29) is 56.5 Å². The minimum Gasteiger partial charge on any atom is -0.339 e. The molecule has 0 aromatic heterocycles. The fraction of sp³-hybridized carbons (Fsp3) is 0.632. The zero-order valence-electron chi connectivity index (χ0n) is 16.4. The summed E-state index contributed by atoms with van der Waals surface area (Å²) in [6.45, 7) is 2.95. The molecule has 2 aliphatic rings. The SMILES string of the molecule is Cc1ccc(S(=O)(=O)N2CCN(C(=O)CN3CCC[C@H](C(F)(F)F)C3)CC2)cc1. The molecule has 0 unspecified atom stereocenters. The summed E-state index contributed by atoms with van der Waals surface area (Å²) in [5.41, 5.74) is 0.963. The van der Waals surface area contributed by atoms with Gasteiger partial charge < -0.3 is 4.90 Å². The van der Waals surface area contributed by atoms with E-state index in [1.807, 2.05) is 6.92 Å². The molecule has 0 radical (unpaired) electrons. The Morgan fingerprint density at radius 3 is 2.28 bits per heavy atom. The summed E-state index contributed by atoms with van der Waals surface area (Å²) in [6, 6.07) is 6.60. The first-order chi connectivity index (χ1) is 13.6. The van der Waals surface area contributed by atoms with Crippen molar-refractivity contribution in [3.63, 3.8) is 0 Å². The number of aryl methyl sites for hydroxylation is 1. The molecule has 10 heteroatoms. The third-order valence-corrected chi connectivity index (χ3v) is 7.49. The third-order valence-electron chi connectivity index (χ3n) is 5.58. The number of alkyl halides is 3. The lowest BCUT2D eigenvalue weighted by atomic mass is 9.97. The number of likely N-dealkylation sites (tertiary alicyclic amines) is 1. The van der Waals surface area contributed by atoms with E-state index < -0.39 is 22.1 Å². The van der Waals surface area contributed by atoms with Gasteiger partial charge in [0.05, 0.1) is 17.4 Å². The van der Waals surface area contributed by atoms with Gasteiger partial charge in [-0.1, -0.05) is 17.7 Å². The van der Waals surface area contributed by atoms with Crippen molar-refractivity contribution in [2.75, 3.05) is 45.8 Å². The molecule has 2 aliphatic heterocycles. The van der Waals surface area contributed by atoms with E-state index >= 15 is 0 Å². The van der Waals surface area contributed by atoms with E-state index in [1.54, 1.807) is 34.1 Å². The molecular formula is C19H26F3N3O3S. The number of benzene rings is 1. The lowest BCUT2D eigenvalue weighted by molar-refractivity contribution is -0.187. The lowest BCUT2D eigenvalue weighted by Crippen LogP contribution is -2.53. The van der Waals surface area contributed by atoms with Crippen LogP contribution in [0.3, 0.4) is 0 Å². The summed E-state index contributed by atoms with van der Waals surface area (Å²) in [6.07, 6.45) is -3.72. The predicted molar refractivity (Wildman–Crippen MR) is 102 cm³/mol. The van der Waals surface area contributed by atoms with E-state index in [1.165, 1.54) is 4.31 Å². The molecule has 1 aromatic rings. The van der Waals surface area contributed by atoms with Crippen LogP contribution in [0.25, 0.3) is 0 Å². The molecular weight excluding hydrogens is 407 g/mol. The Balaban J connectivity index is 1.54. The van der Waals surface area contributed by atoms with Gasteiger partial charge in [0.2, 0.25) is 15.9 Å². The minimum absolute atomic E-state index is 0.0582. The zero-order chi connectivity index (χ0) is 21.2. The highest BCUT2D eigenvalue weighted by atomic mass is 32.2. The van der Waals surface area contributed by atoms with Gasteiger partial charge in [-0.25, -0.2) is 8.42 Å². The van der Waals surface area contributed by atoms with Crippen LogP contribution in [0, 0.1) is 12.8 Å². The van der Waals surface area contributed by atoms with Gasteiger partial charge in [0, 0.05) is 32.7 Å². The summed E-state index contributed by atoms with van der Waals surface area (Å²) in [4.78, 5) is 15.8. The summed E-state index contributed by atoms with van der Waals surface area (Å²) in [5.74, 6) is -1.64. The van der Waals surface area contributed by atoms with Crippen molar-refractivity contribution in [2.24, 2.45) is 5.92 Å². The Labute approximate surface area is 169 Å². The fourth-order valence-electron chi connectivity index (χ4n) is 3.79. The molecule has 0 spiro atoms. The number of rotatable bonds is 4. The molecule has 1 aromatic carbocycles. The molecule has 2 fully saturated rings. The number of hydrogen-bond donors (Lipinski definition) is 0. The molecule has 2 saturated heterocycles. The number of piperazine rings is 1. The molecule has 162 valence electrons. The van der Waals surface area contributed by atoms with Crippen molar-refractivity contribution in [1.82, 2.24) is 14.1 Å². The summed E-state index contributed by atoms with van der Waals surface area (Å²) < 4.78 is 65.6. The Morgan fingerprint density at radius 1 is 1.07 bits per heavy atom. The maximum Gasteiger partial charge on any atom is 0.393 e. The molecule has 0 aliphatic carbocycles. The Hall–Kier alpha value is -1.65. The number of sulfonamides is 1. The van der Waals surface area contributed by atoms with Gasteiger partial charge in [-0.2, -0.15) is 17.5 Å². The number of piperidine rings is 1. The van der Waals surface area contributed by atoms with E-state index in [0.717, 1.165) is 5.56 Å². The second-order valence-electron chi connectivity index (χ2n) is 7.71. The van der Waals surface area contributed by atoms with Crippen molar-refractivity contribution in [3.05, 3.63) is 29.8 Å². The smallest absolute Gasteiger partial charge is 0.339 e. The van der Waals surface area contributed by atoms with Gasteiger partial charge in [0.25, 0.3) is 0 Å². The second kappa shape index (κ2) is 8.61. The van der Waals surface area contributed by atoms with Crippen LogP contribution in [0.5, 0.6) is 0 Å². The van der Waals surface area contributed by atoms with Gasteiger partial charge in [-0.3, -0.25) is 9.69 Å². The molecule has 3 rings (SSSR count). The van der Waals surface area contributed by atoms with Crippen LogP contribution in [-0.2, 0) is 14.8 Å². The van der Waals surface area contributed by atoms with Crippen molar-refractivity contribution in [1.29, 1.82) is 0 Å². The number of nitrogens with zero attached hydrogens (tertiary/aromatic N) is 3. The monoisotopic (exact) mass is 433 g/mol. The van der Waals surface area contributed by atoms with Crippen LogP contribution >= 0.6 is 0 Å². The predicted octanol–water partition coefficient (Wildman–Crippen LogP) is 2.10. The van der Waals surface area contributed by atoms with Crippen molar-refractivity contribution in [3.8, 4) is 0 Å². The zero-order valence-corrected chi connectivity index (χ0v) is 17.2. The number of carbonyl (C=O) groups excluding carboxylic acids is 1. The topological polar surface area (TPSA) is 60.9 Å². The van der Waals surface area contributed by atoms with Crippen molar-refractivity contribution < 1.29 is 26.4 Å². The molecule has 29 heavy (non-hydrogen) atoms. The van der Waals surface area contributed by atoms with Gasteiger partial charge in [-0.15, -0.1) is 0 Å². The highest BCUT2D eigenvalue weighted by Crippen LogP contribution is 2.33. The highest BCUT2D eigenvalue weighted by molar-refractivity contribution is 7.89. The van der Waals surface area contributed by atoms with Crippen LogP contribution in [0.1, 0.15) is 18.4 Å². The summed E-state index contributed by atoms with van der Waals surface area (Å²) >= 11 is 0. The van der Waals surface area contributed by atoms with Gasteiger partial charge in [-0.05, 0) is 38.4 Å². The maximum absolute atomic E-state index is 12.9. The highest BCUT2D eigenvalue weighted by Gasteiger charge is 2.42. The molecule has 6 nitrogen and oxygen atoms in total. The Bertz CT molecular complexity index is 819. The number of halogens is 3. The average molecular weight is 433 g/mol. The number of hydrogen-bond acceptors (Lipinski definition) is 4. The first-order valence-electron chi connectivity index (χ1n) is 9.71. The van der Waals surface area contributed by atoms with Crippen molar-refractivity contribution >= 4 is 15.9 Å².